The lowest BCUT2D eigenvalue weighted by atomic mass is 10.1. The Labute approximate surface area is 107 Å². The van der Waals surface area contributed by atoms with Gasteiger partial charge in [-0.3, -0.25) is 0 Å². The first-order valence-electron chi connectivity index (χ1n) is 6.15. The molecule has 1 heterocycles. The number of imidazole rings is 1. The summed E-state index contributed by atoms with van der Waals surface area (Å²) in [6, 6.07) is 8.04. The van der Waals surface area contributed by atoms with Gasteiger partial charge in [-0.15, -0.1) is 0 Å². The highest BCUT2D eigenvalue weighted by Crippen LogP contribution is 2.18. The van der Waals surface area contributed by atoms with Gasteiger partial charge in [-0.1, -0.05) is 19.1 Å². The summed E-state index contributed by atoms with van der Waals surface area (Å²) >= 11 is 0. The van der Waals surface area contributed by atoms with Gasteiger partial charge < -0.3 is 15.0 Å². The average Bonchev–Trinajstić information content (AvgIpc) is 2.81. The van der Waals surface area contributed by atoms with Crippen LogP contribution in [0.2, 0.25) is 0 Å². The zero-order valence-corrected chi connectivity index (χ0v) is 10.8. The van der Waals surface area contributed by atoms with E-state index in [1.807, 2.05) is 42.1 Å². The molecule has 96 valence electrons. The smallest absolute Gasteiger partial charge is 0.146 e. The summed E-state index contributed by atoms with van der Waals surface area (Å²) in [4.78, 5) is 4.21. The highest BCUT2D eigenvalue weighted by molar-refractivity contribution is 5.29. The van der Waals surface area contributed by atoms with E-state index >= 15 is 0 Å². The van der Waals surface area contributed by atoms with E-state index < -0.39 is 0 Å². The summed E-state index contributed by atoms with van der Waals surface area (Å²) < 4.78 is 7.62. The lowest BCUT2D eigenvalue weighted by Gasteiger charge is -2.10. The second-order valence-corrected chi connectivity index (χ2v) is 4.33. The molecular weight excluding hydrogens is 226 g/mol. The van der Waals surface area contributed by atoms with Gasteiger partial charge in [-0.25, -0.2) is 4.98 Å². The molecule has 18 heavy (non-hydrogen) atoms. The van der Waals surface area contributed by atoms with Crippen LogP contribution < -0.4 is 10.5 Å². The number of nitrogens with two attached hydrogens (primary N) is 1. The van der Waals surface area contributed by atoms with Gasteiger partial charge in [-0.05, 0) is 24.1 Å². The molecule has 2 rings (SSSR count). The van der Waals surface area contributed by atoms with E-state index in [1.165, 1.54) is 0 Å². The van der Waals surface area contributed by atoms with Gasteiger partial charge in [0, 0.05) is 25.5 Å². The lowest BCUT2D eigenvalue weighted by Crippen LogP contribution is -2.08. The molecule has 0 saturated carbocycles. The van der Waals surface area contributed by atoms with Gasteiger partial charge in [0.05, 0.1) is 0 Å². The van der Waals surface area contributed by atoms with Gasteiger partial charge in [0.25, 0.3) is 0 Å². The first-order chi connectivity index (χ1) is 8.70. The molecule has 1 aromatic heterocycles. The Kier molecular flexibility index (Phi) is 3.99. The van der Waals surface area contributed by atoms with Crippen LogP contribution in [-0.2, 0) is 13.7 Å². The van der Waals surface area contributed by atoms with E-state index in [1.54, 1.807) is 6.20 Å². The third kappa shape index (κ3) is 2.90. The van der Waals surface area contributed by atoms with E-state index in [2.05, 4.69) is 11.9 Å². The second-order valence-electron chi connectivity index (χ2n) is 4.33. The Balaban J connectivity index is 1.96. The zero-order valence-electron chi connectivity index (χ0n) is 10.8. The minimum Gasteiger partial charge on any atom is -0.486 e. The van der Waals surface area contributed by atoms with E-state index in [4.69, 9.17) is 10.5 Å². The van der Waals surface area contributed by atoms with Crippen molar-refractivity contribution >= 4 is 0 Å². The highest BCUT2D eigenvalue weighted by Gasteiger charge is 2.04. The molecule has 2 N–H and O–H groups in total. The first kappa shape index (κ1) is 12.6. The maximum absolute atomic E-state index is 5.96. The predicted molar refractivity (Wildman–Crippen MR) is 71.2 cm³/mol. The van der Waals surface area contributed by atoms with Crippen molar-refractivity contribution in [2.45, 2.75) is 26.0 Å². The van der Waals surface area contributed by atoms with E-state index in [9.17, 15) is 0 Å². The maximum Gasteiger partial charge on any atom is 0.146 e. The summed E-state index contributed by atoms with van der Waals surface area (Å²) in [5, 5.41) is 0. The van der Waals surface area contributed by atoms with Crippen molar-refractivity contribution in [3.8, 4) is 5.75 Å². The van der Waals surface area contributed by atoms with Crippen molar-refractivity contribution in [3.63, 3.8) is 0 Å². The Morgan fingerprint density at radius 3 is 2.61 bits per heavy atom. The fourth-order valence-electron chi connectivity index (χ4n) is 1.73. The topological polar surface area (TPSA) is 53.1 Å². The monoisotopic (exact) mass is 245 g/mol. The number of benzene rings is 1. The SMILES string of the molecule is CC[C@H](N)c1ccc(OCc2nccn2C)cc1. The number of aromatic nitrogens is 2. The van der Waals surface area contributed by atoms with Crippen LogP contribution in [-0.4, -0.2) is 9.55 Å². The predicted octanol–water partition coefficient (Wildman–Crippen LogP) is 2.41. The number of nitrogens with zero attached hydrogens (tertiary/aromatic N) is 2. The number of hydrogen-bond acceptors (Lipinski definition) is 3. The largest absolute Gasteiger partial charge is 0.486 e. The quantitative estimate of drug-likeness (QED) is 0.880. The third-order valence-corrected chi connectivity index (χ3v) is 3.04. The van der Waals surface area contributed by atoms with Gasteiger partial charge >= 0.3 is 0 Å². The van der Waals surface area contributed by atoms with Crippen LogP contribution in [0.1, 0.15) is 30.8 Å². The molecule has 0 saturated heterocycles. The zero-order chi connectivity index (χ0) is 13.0. The Hall–Kier alpha value is -1.81. The van der Waals surface area contributed by atoms with Crippen LogP contribution in [0.15, 0.2) is 36.7 Å². The van der Waals surface area contributed by atoms with Crippen LogP contribution in [0, 0.1) is 0 Å². The number of hydrogen-bond donors (Lipinski definition) is 1. The van der Waals surface area contributed by atoms with Gasteiger partial charge in [0.2, 0.25) is 0 Å². The molecule has 0 amide bonds. The van der Waals surface area contributed by atoms with E-state index in [-0.39, 0.29) is 6.04 Å². The molecule has 4 heteroatoms. The molecule has 0 fully saturated rings. The Morgan fingerprint density at radius 2 is 2.06 bits per heavy atom. The molecule has 4 nitrogen and oxygen atoms in total. The van der Waals surface area contributed by atoms with Crippen molar-refractivity contribution in [2.75, 3.05) is 0 Å². The Bertz CT molecular complexity index is 490. The molecule has 0 radical (unpaired) electrons. The normalized spacial score (nSPS) is 12.4. The van der Waals surface area contributed by atoms with E-state index in [0.29, 0.717) is 6.61 Å². The molecule has 1 aromatic carbocycles. The maximum atomic E-state index is 5.96. The van der Waals surface area contributed by atoms with E-state index in [0.717, 1.165) is 23.6 Å². The second kappa shape index (κ2) is 5.69. The molecule has 0 aliphatic carbocycles. The van der Waals surface area contributed by atoms with Gasteiger partial charge in [-0.2, -0.15) is 0 Å². The summed E-state index contributed by atoms with van der Waals surface area (Å²) in [5.41, 5.74) is 7.10. The number of ether oxygens (including phenoxy) is 1. The van der Waals surface area contributed by atoms with Gasteiger partial charge in [0.15, 0.2) is 0 Å². The molecule has 0 spiro atoms. The average molecular weight is 245 g/mol. The van der Waals surface area contributed by atoms with Crippen LogP contribution in [0.3, 0.4) is 0 Å². The standard InChI is InChI=1S/C14H19N3O/c1-3-13(15)11-4-6-12(7-5-11)18-10-14-16-8-9-17(14)2/h4-9,13H,3,10,15H2,1-2H3/t13-/m0/s1. The van der Waals surface area contributed by atoms with Crippen molar-refractivity contribution in [1.82, 2.24) is 9.55 Å². The van der Waals surface area contributed by atoms with Crippen molar-refractivity contribution in [1.29, 1.82) is 0 Å². The molecule has 0 aliphatic rings. The molecule has 0 unspecified atom stereocenters. The van der Waals surface area contributed by atoms with Crippen LogP contribution in [0.4, 0.5) is 0 Å². The molecule has 0 bridgehead atoms. The molecular formula is C14H19N3O. The fraction of sp³-hybridized carbons (Fsp3) is 0.357. The van der Waals surface area contributed by atoms with Crippen molar-refractivity contribution in [2.24, 2.45) is 12.8 Å². The minimum atomic E-state index is 0.105. The lowest BCUT2D eigenvalue weighted by molar-refractivity contribution is 0.291. The fourth-order valence-corrected chi connectivity index (χ4v) is 1.73. The van der Waals surface area contributed by atoms with Crippen molar-refractivity contribution in [3.05, 3.63) is 48.0 Å². The van der Waals surface area contributed by atoms with Crippen LogP contribution >= 0.6 is 0 Å². The minimum absolute atomic E-state index is 0.105. The van der Waals surface area contributed by atoms with Crippen LogP contribution in [0.5, 0.6) is 5.75 Å². The Morgan fingerprint density at radius 1 is 1.33 bits per heavy atom. The highest BCUT2D eigenvalue weighted by atomic mass is 16.5. The molecule has 1 atom stereocenters. The summed E-state index contributed by atoms with van der Waals surface area (Å²) in [6.45, 7) is 2.55. The summed E-state index contributed by atoms with van der Waals surface area (Å²) in [5.74, 6) is 1.74. The first-order valence-corrected chi connectivity index (χ1v) is 6.15. The summed E-state index contributed by atoms with van der Waals surface area (Å²) in [6.07, 6.45) is 4.61. The molecule has 2 aromatic rings. The van der Waals surface area contributed by atoms with Gasteiger partial charge in [0.1, 0.15) is 18.2 Å². The van der Waals surface area contributed by atoms with Crippen molar-refractivity contribution < 1.29 is 4.74 Å². The van der Waals surface area contributed by atoms with Crippen LogP contribution in [0.25, 0.3) is 0 Å². The number of aryl methyl sites for hydroxylation is 1. The summed E-state index contributed by atoms with van der Waals surface area (Å²) in [7, 11) is 1.95. The number of rotatable bonds is 5. The third-order valence-electron chi connectivity index (χ3n) is 3.04. The molecule has 0 aliphatic heterocycles.